The second-order valence-electron chi connectivity index (χ2n) is 5.55. The summed E-state index contributed by atoms with van der Waals surface area (Å²) >= 11 is 0. The summed E-state index contributed by atoms with van der Waals surface area (Å²) in [6, 6.07) is 7.93. The molecule has 1 aromatic carbocycles. The van der Waals surface area contributed by atoms with Crippen LogP contribution in [-0.4, -0.2) is 35.3 Å². The average molecular weight is 347 g/mol. The van der Waals surface area contributed by atoms with Gasteiger partial charge in [0.15, 0.2) is 0 Å². The number of sulfonamides is 1. The molecule has 0 saturated carbocycles. The van der Waals surface area contributed by atoms with Gasteiger partial charge in [-0.05, 0) is 36.1 Å². The molecule has 2 N–H and O–H groups in total. The molecule has 0 spiro atoms. The molecule has 1 aromatic heterocycles. The lowest BCUT2D eigenvalue weighted by molar-refractivity contribution is -0.139. The first-order valence-corrected chi connectivity index (χ1v) is 8.95. The molecule has 0 fully saturated rings. The lowest BCUT2D eigenvalue weighted by Gasteiger charge is -2.20. The van der Waals surface area contributed by atoms with E-state index < -0.39 is 22.0 Å². The van der Waals surface area contributed by atoms with Crippen LogP contribution >= 0.6 is 0 Å². The Kier molecular flexibility index (Phi) is 4.50. The number of hydrogen-bond donors (Lipinski definition) is 2. The molecule has 1 unspecified atom stereocenters. The molecule has 126 valence electrons. The second-order valence-corrected chi connectivity index (χ2v) is 7.32. The molecule has 0 radical (unpaired) electrons. The van der Waals surface area contributed by atoms with Gasteiger partial charge >= 0.3 is 5.97 Å². The Morgan fingerprint density at radius 3 is 2.79 bits per heavy atom. The lowest BCUT2D eigenvalue weighted by atomic mass is 9.98. The minimum absolute atomic E-state index is 0.0779. The molecule has 0 aliphatic heterocycles. The first-order chi connectivity index (χ1) is 11.5. The van der Waals surface area contributed by atoms with Crippen molar-refractivity contribution in [1.29, 1.82) is 0 Å². The number of nitrogens with one attached hydrogen (secondary N) is 1. The van der Waals surface area contributed by atoms with E-state index in [2.05, 4.69) is 9.82 Å². The maximum atomic E-state index is 12.6. The van der Waals surface area contributed by atoms with Gasteiger partial charge in [-0.15, -0.1) is 0 Å². The predicted octanol–water partition coefficient (Wildman–Crippen LogP) is 1.24. The highest BCUT2D eigenvalue weighted by Crippen LogP contribution is 2.26. The van der Waals surface area contributed by atoms with Crippen molar-refractivity contribution in [3.8, 4) is 0 Å². The van der Waals surface area contributed by atoms with Crippen molar-refractivity contribution in [1.82, 2.24) is 14.5 Å². The van der Waals surface area contributed by atoms with Crippen LogP contribution in [0.3, 0.4) is 0 Å². The van der Waals surface area contributed by atoms with Crippen molar-refractivity contribution < 1.29 is 18.3 Å². The number of aryl methyl sites for hydroxylation is 1. The summed E-state index contributed by atoms with van der Waals surface area (Å²) in [4.78, 5) is 11.6. The van der Waals surface area contributed by atoms with Gasteiger partial charge in [0.05, 0.1) is 11.4 Å². The highest BCUT2D eigenvalue weighted by atomic mass is 32.2. The van der Waals surface area contributed by atoms with E-state index in [-0.39, 0.29) is 11.4 Å². The molecule has 24 heavy (non-hydrogen) atoms. The monoisotopic (exact) mass is 347 g/mol. The number of aliphatic carboxylic acids is 1. The highest BCUT2D eigenvalue weighted by Gasteiger charge is 2.28. The summed E-state index contributed by atoms with van der Waals surface area (Å²) in [7, 11) is -3.88. The quantitative estimate of drug-likeness (QED) is 0.819. The fraction of sp³-hybridized carbons (Fsp3) is 0.250. The number of hydrogen-bond acceptors (Lipinski definition) is 4. The van der Waals surface area contributed by atoms with Crippen molar-refractivity contribution in [2.45, 2.75) is 25.4 Å². The molecule has 0 bridgehead atoms. The summed E-state index contributed by atoms with van der Waals surface area (Å²) < 4.78 is 28.8. The van der Waals surface area contributed by atoms with Crippen LogP contribution in [0.5, 0.6) is 0 Å². The van der Waals surface area contributed by atoms with Gasteiger partial charge in [-0.3, -0.25) is 9.48 Å². The third-order valence-corrected chi connectivity index (χ3v) is 5.49. The third kappa shape index (κ3) is 3.55. The second kappa shape index (κ2) is 6.58. The van der Waals surface area contributed by atoms with Crippen molar-refractivity contribution >= 4 is 22.1 Å². The molecule has 2 aromatic rings. The number of allylic oxidation sites excluding steroid dienone is 1. The van der Waals surface area contributed by atoms with Gasteiger partial charge in [-0.1, -0.05) is 24.3 Å². The molecule has 0 saturated heterocycles. The SMILES string of the molecule is O=C(O)C(Cn1cccn1)NS(=O)(=O)C1=Cc2ccccc2CC1. The zero-order valence-electron chi connectivity index (χ0n) is 12.8. The number of carboxylic acid groups (broad SMARTS) is 1. The van der Waals surface area contributed by atoms with Gasteiger partial charge in [0.1, 0.15) is 6.04 Å². The highest BCUT2D eigenvalue weighted by molar-refractivity contribution is 7.93. The van der Waals surface area contributed by atoms with Crippen molar-refractivity contribution in [2.24, 2.45) is 0 Å². The maximum absolute atomic E-state index is 12.6. The van der Waals surface area contributed by atoms with Crippen LogP contribution in [0.1, 0.15) is 17.5 Å². The zero-order valence-corrected chi connectivity index (χ0v) is 13.6. The number of aromatic nitrogens is 2. The number of carboxylic acids is 1. The molecule has 1 heterocycles. The number of nitrogens with zero attached hydrogens (tertiary/aromatic N) is 2. The Bertz CT molecular complexity index is 872. The molecule has 1 aliphatic carbocycles. The number of fused-ring (bicyclic) bond motifs is 1. The number of benzene rings is 1. The van der Waals surface area contributed by atoms with E-state index in [1.807, 2.05) is 24.3 Å². The Hall–Kier alpha value is -2.45. The maximum Gasteiger partial charge on any atom is 0.323 e. The van der Waals surface area contributed by atoms with E-state index in [4.69, 9.17) is 0 Å². The zero-order chi connectivity index (χ0) is 17.2. The molecular formula is C16H17N3O4S. The van der Waals surface area contributed by atoms with Crippen molar-refractivity contribution in [3.63, 3.8) is 0 Å². The molecule has 1 aliphatic rings. The largest absolute Gasteiger partial charge is 0.480 e. The summed E-state index contributed by atoms with van der Waals surface area (Å²) in [6.07, 6.45) is 5.66. The fourth-order valence-electron chi connectivity index (χ4n) is 2.64. The topological polar surface area (TPSA) is 101 Å². The van der Waals surface area contributed by atoms with E-state index in [1.165, 1.54) is 10.9 Å². The van der Waals surface area contributed by atoms with E-state index in [9.17, 15) is 18.3 Å². The Balaban J connectivity index is 1.82. The van der Waals surface area contributed by atoms with Crippen LogP contribution in [-0.2, 0) is 27.8 Å². The average Bonchev–Trinajstić information content (AvgIpc) is 3.06. The van der Waals surface area contributed by atoms with Crippen LogP contribution in [0.2, 0.25) is 0 Å². The van der Waals surface area contributed by atoms with Gasteiger partial charge < -0.3 is 5.11 Å². The van der Waals surface area contributed by atoms with Gasteiger partial charge in [-0.2, -0.15) is 9.82 Å². The van der Waals surface area contributed by atoms with Crippen molar-refractivity contribution in [3.05, 3.63) is 58.8 Å². The smallest absolute Gasteiger partial charge is 0.323 e. The number of rotatable bonds is 6. The first-order valence-electron chi connectivity index (χ1n) is 7.47. The lowest BCUT2D eigenvalue weighted by Crippen LogP contribution is -2.44. The van der Waals surface area contributed by atoms with Gasteiger partial charge in [0, 0.05) is 12.4 Å². The molecule has 0 amide bonds. The third-order valence-electron chi connectivity index (χ3n) is 3.88. The minimum Gasteiger partial charge on any atom is -0.480 e. The van der Waals surface area contributed by atoms with Crippen molar-refractivity contribution in [2.75, 3.05) is 0 Å². The van der Waals surface area contributed by atoms with E-state index in [1.54, 1.807) is 18.3 Å². The summed E-state index contributed by atoms with van der Waals surface area (Å²) in [6.45, 7) is -0.0779. The van der Waals surface area contributed by atoms with Crippen LogP contribution in [0.15, 0.2) is 47.6 Å². The van der Waals surface area contributed by atoms with E-state index in [0.717, 1.165) is 11.1 Å². The Morgan fingerprint density at radius 1 is 1.29 bits per heavy atom. The fourth-order valence-corrected chi connectivity index (χ4v) is 4.00. The molecular weight excluding hydrogens is 330 g/mol. The van der Waals surface area contributed by atoms with Gasteiger partial charge in [0.25, 0.3) is 0 Å². The summed E-state index contributed by atoms with van der Waals surface area (Å²) in [5.74, 6) is -1.24. The number of carbonyl (C=O) groups is 1. The Morgan fingerprint density at radius 2 is 2.08 bits per heavy atom. The summed E-state index contributed by atoms with van der Waals surface area (Å²) in [5, 5.41) is 13.2. The predicted molar refractivity (Wildman–Crippen MR) is 88.4 cm³/mol. The van der Waals surface area contributed by atoms with Crippen LogP contribution < -0.4 is 4.72 Å². The van der Waals surface area contributed by atoms with E-state index in [0.29, 0.717) is 12.8 Å². The Labute approximate surface area is 139 Å². The standard InChI is InChI=1S/C16H17N3O4S/c20-16(21)15(11-19-9-3-8-17-19)18-24(22,23)14-7-6-12-4-1-2-5-13(12)10-14/h1-5,8-10,15,18H,6-7,11H2,(H,20,21). The molecule has 3 rings (SSSR count). The molecule has 7 nitrogen and oxygen atoms in total. The summed E-state index contributed by atoms with van der Waals surface area (Å²) in [5.41, 5.74) is 1.94. The van der Waals surface area contributed by atoms with E-state index >= 15 is 0 Å². The minimum atomic E-state index is -3.88. The van der Waals surface area contributed by atoms with Crippen LogP contribution in [0.25, 0.3) is 6.08 Å². The van der Waals surface area contributed by atoms with Gasteiger partial charge in [0.2, 0.25) is 10.0 Å². The van der Waals surface area contributed by atoms with Gasteiger partial charge in [-0.25, -0.2) is 8.42 Å². The first kappa shape index (κ1) is 16.4. The van der Waals surface area contributed by atoms with Crippen LogP contribution in [0.4, 0.5) is 0 Å². The molecule has 8 heteroatoms. The molecule has 1 atom stereocenters. The normalized spacial score (nSPS) is 15.4. The van der Waals surface area contributed by atoms with Crippen LogP contribution in [0, 0.1) is 0 Å².